The fourth-order valence-corrected chi connectivity index (χ4v) is 2.85. The molecule has 0 saturated heterocycles. The van der Waals surface area contributed by atoms with Crippen molar-refractivity contribution in [1.82, 2.24) is 0 Å². The maximum absolute atomic E-state index is 12.3. The molecule has 0 fully saturated rings. The number of oxime groups is 1. The Balaban J connectivity index is 2.40. The standard InChI is InChI=1S/C14H15N3O3S/c1-10-6-8-11(9-7-10)21(19,20)17-13-5-3-2-4-12(13)14(15)16-18/h2-9,17-18H,1H3,(H2,15,16). The average Bonchev–Trinajstić information content (AvgIpc) is 2.47. The molecule has 2 aromatic rings. The summed E-state index contributed by atoms with van der Waals surface area (Å²) in [6, 6.07) is 12.9. The second kappa shape index (κ2) is 5.84. The first-order chi connectivity index (χ1) is 9.94. The van der Waals surface area contributed by atoms with E-state index in [9.17, 15) is 8.42 Å². The van der Waals surface area contributed by atoms with Crippen LogP contribution in [0, 0.1) is 6.92 Å². The van der Waals surface area contributed by atoms with Crippen molar-refractivity contribution in [2.75, 3.05) is 4.72 Å². The van der Waals surface area contributed by atoms with Gasteiger partial charge in [-0.1, -0.05) is 35.0 Å². The van der Waals surface area contributed by atoms with Gasteiger partial charge >= 0.3 is 0 Å². The maximum atomic E-state index is 12.3. The summed E-state index contributed by atoms with van der Waals surface area (Å²) in [5.74, 6) is -0.169. The molecule has 0 aliphatic carbocycles. The van der Waals surface area contributed by atoms with E-state index in [1.165, 1.54) is 12.1 Å². The number of hydrogen-bond donors (Lipinski definition) is 3. The highest BCUT2D eigenvalue weighted by atomic mass is 32.2. The number of nitrogens with zero attached hydrogens (tertiary/aromatic N) is 1. The van der Waals surface area contributed by atoms with Gasteiger partial charge < -0.3 is 10.9 Å². The lowest BCUT2D eigenvalue weighted by Gasteiger charge is -2.11. The molecule has 0 bridgehead atoms. The smallest absolute Gasteiger partial charge is 0.261 e. The number of para-hydroxylation sites is 1. The summed E-state index contributed by atoms with van der Waals surface area (Å²) in [4.78, 5) is 0.141. The lowest BCUT2D eigenvalue weighted by atomic mass is 10.2. The number of rotatable bonds is 4. The second-order valence-electron chi connectivity index (χ2n) is 4.45. The van der Waals surface area contributed by atoms with E-state index in [0.29, 0.717) is 5.56 Å². The Morgan fingerprint density at radius 1 is 1.14 bits per heavy atom. The monoisotopic (exact) mass is 305 g/mol. The third-order valence-electron chi connectivity index (χ3n) is 2.89. The lowest BCUT2D eigenvalue weighted by Crippen LogP contribution is -2.19. The second-order valence-corrected chi connectivity index (χ2v) is 6.13. The highest BCUT2D eigenvalue weighted by Gasteiger charge is 2.16. The molecule has 0 aliphatic heterocycles. The molecule has 0 heterocycles. The SMILES string of the molecule is Cc1ccc(S(=O)(=O)Nc2ccccc2/C(N)=N/O)cc1. The molecule has 0 spiro atoms. The third-order valence-corrected chi connectivity index (χ3v) is 4.27. The van der Waals surface area contributed by atoms with Crippen molar-refractivity contribution in [3.8, 4) is 0 Å². The van der Waals surface area contributed by atoms with Gasteiger partial charge in [-0.15, -0.1) is 0 Å². The number of aryl methyl sites for hydroxylation is 1. The summed E-state index contributed by atoms with van der Waals surface area (Å²) in [6.07, 6.45) is 0. The predicted octanol–water partition coefficient (Wildman–Crippen LogP) is 1.89. The Bertz CT molecular complexity index is 768. The number of hydrogen-bond acceptors (Lipinski definition) is 4. The van der Waals surface area contributed by atoms with Crippen molar-refractivity contribution in [2.45, 2.75) is 11.8 Å². The minimum Gasteiger partial charge on any atom is -0.409 e. The molecular formula is C14H15N3O3S. The van der Waals surface area contributed by atoms with E-state index in [1.807, 2.05) is 6.92 Å². The van der Waals surface area contributed by atoms with Gasteiger partial charge in [0, 0.05) is 5.56 Å². The van der Waals surface area contributed by atoms with Gasteiger partial charge in [-0.3, -0.25) is 4.72 Å². The van der Waals surface area contributed by atoms with Crippen LogP contribution in [0.2, 0.25) is 0 Å². The normalized spacial score (nSPS) is 12.1. The van der Waals surface area contributed by atoms with Crippen molar-refractivity contribution < 1.29 is 13.6 Å². The largest absolute Gasteiger partial charge is 0.409 e. The first-order valence-electron chi connectivity index (χ1n) is 6.10. The molecule has 21 heavy (non-hydrogen) atoms. The molecular weight excluding hydrogens is 290 g/mol. The van der Waals surface area contributed by atoms with Crippen molar-refractivity contribution in [1.29, 1.82) is 0 Å². The van der Waals surface area contributed by atoms with Crippen LogP contribution < -0.4 is 10.5 Å². The quantitative estimate of drug-likeness (QED) is 0.347. The number of amidine groups is 1. The minimum atomic E-state index is -3.74. The summed E-state index contributed by atoms with van der Waals surface area (Å²) in [6.45, 7) is 1.87. The molecule has 4 N–H and O–H groups in total. The van der Waals surface area contributed by atoms with Gasteiger partial charge in [0.25, 0.3) is 10.0 Å². The van der Waals surface area contributed by atoms with E-state index in [4.69, 9.17) is 10.9 Å². The molecule has 7 heteroatoms. The van der Waals surface area contributed by atoms with Crippen LogP contribution in [0.1, 0.15) is 11.1 Å². The Labute approximate surface area is 123 Å². The Kier molecular flexibility index (Phi) is 4.13. The first kappa shape index (κ1) is 14.9. The van der Waals surface area contributed by atoms with Gasteiger partial charge in [0.2, 0.25) is 0 Å². The number of nitrogens with two attached hydrogens (primary N) is 1. The van der Waals surface area contributed by atoms with Crippen LogP contribution in [-0.2, 0) is 10.0 Å². The zero-order chi connectivity index (χ0) is 15.5. The fraction of sp³-hybridized carbons (Fsp3) is 0.0714. The van der Waals surface area contributed by atoms with E-state index in [0.717, 1.165) is 5.56 Å². The third kappa shape index (κ3) is 3.32. The molecule has 6 nitrogen and oxygen atoms in total. The van der Waals surface area contributed by atoms with Gasteiger partial charge in [-0.25, -0.2) is 8.42 Å². The van der Waals surface area contributed by atoms with Gasteiger partial charge in [0.05, 0.1) is 10.6 Å². The molecule has 0 atom stereocenters. The highest BCUT2D eigenvalue weighted by molar-refractivity contribution is 7.92. The predicted molar refractivity (Wildman–Crippen MR) is 80.9 cm³/mol. The van der Waals surface area contributed by atoms with Gasteiger partial charge in [-0.05, 0) is 31.2 Å². The number of nitrogens with one attached hydrogen (secondary N) is 1. The highest BCUT2D eigenvalue weighted by Crippen LogP contribution is 2.20. The summed E-state index contributed by atoms with van der Waals surface area (Å²) in [5.41, 5.74) is 7.05. The van der Waals surface area contributed by atoms with E-state index in [-0.39, 0.29) is 16.4 Å². The van der Waals surface area contributed by atoms with Crippen LogP contribution in [0.5, 0.6) is 0 Å². The Hall–Kier alpha value is -2.54. The first-order valence-corrected chi connectivity index (χ1v) is 7.59. The molecule has 0 unspecified atom stereocenters. The zero-order valence-corrected chi connectivity index (χ0v) is 12.1. The van der Waals surface area contributed by atoms with E-state index >= 15 is 0 Å². The molecule has 0 radical (unpaired) electrons. The molecule has 0 saturated carbocycles. The van der Waals surface area contributed by atoms with Gasteiger partial charge in [0.1, 0.15) is 0 Å². The van der Waals surface area contributed by atoms with Crippen molar-refractivity contribution in [3.63, 3.8) is 0 Å². The van der Waals surface area contributed by atoms with Crippen LogP contribution in [0.15, 0.2) is 58.6 Å². The van der Waals surface area contributed by atoms with Crippen LogP contribution in [0.4, 0.5) is 5.69 Å². The van der Waals surface area contributed by atoms with E-state index in [1.54, 1.807) is 36.4 Å². The summed E-state index contributed by atoms with van der Waals surface area (Å²) in [7, 11) is -3.74. The van der Waals surface area contributed by atoms with Crippen molar-refractivity contribution in [2.24, 2.45) is 10.9 Å². The van der Waals surface area contributed by atoms with Crippen LogP contribution >= 0.6 is 0 Å². The van der Waals surface area contributed by atoms with E-state index in [2.05, 4.69) is 9.88 Å². The van der Waals surface area contributed by atoms with Crippen molar-refractivity contribution in [3.05, 3.63) is 59.7 Å². The minimum absolute atomic E-state index is 0.141. The molecule has 110 valence electrons. The van der Waals surface area contributed by atoms with Gasteiger partial charge in [0.15, 0.2) is 5.84 Å². The maximum Gasteiger partial charge on any atom is 0.261 e. The summed E-state index contributed by atoms with van der Waals surface area (Å²) in [5, 5.41) is 11.6. The average molecular weight is 305 g/mol. The van der Waals surface area contributed by atoms with Crippen LogP contribution in [0.3, 0.4) is 0 Å². The van der Waals surface area contributed by atoms with Crippen molar-refractivity contribution >= 4 is 21.5 Å². The number of sulfonamides is 1. The zero-order valence-electron chi connectivity index (χ0n) is 11.3. The molecule has 2 aromatic carbocycles. The molecule has 0 aromatic heterocycles. The Morgan fingerprint density at radius 3 is 2.38 bits per heavy atom. The van der Waals surface area contributed by atoms with Crippen LogP contribution in [-0.4, -0.2) is 19.5 Å². The topological polar surface area (TPSA) is 105 Å². The Morgan fingerprint density at radius 2 is 1.76 bits per heavy atom. The van der Waals surface area contributed by atoms with E-state index < -0.39 is 10.0 Å². The molecule has 0 amide bonds. The number of anilines is 1. The number of benzene rings is 2. The summed E-state index contributed by atoms with van der Waals surface area (Å²) >= 11 is 0. The van der Waals surface area contributed by atoms with Gasteiger partial charge in [-0.2, -0.15) is 0 Å². The summed E-state index contributed by atoms with van der Waals surface area (Å²) < 4.78 is 27.1. The lowest BCUT2D eigenvalue weighted by molar-refractivity contribution is 0.318. The molecule has 2 rings (SSSR count). The van der Waals surface area contributed by atoms with Crippen LogP contribution in [0.25, 0.3) is 0 Å². The molecule has 0 aliphatic rings. The fourth-order valence-electron chi connectivity index (χ4n) is 1.77.